The number of aryl methyl sites for hydroxylation is 1. The number of thioether (sulfide) groups is 1. The van der Waals surface area contributed by atoms with Crippen LogP contribution in [0.3, 0.4) is 0 Å². The molecule has 1 aromatic carbocycles. The molecule has 0 fully saturated rings. The van der Waals surface area contributed by atoms with E-state index in [1.807, 2.05) is 37.3 Å². The number of benzene rings is 1. The zero-order valence-corrected chi connectivity index (χ0v) is 12.9. The second-order valence-corrected chi connectivity index (χ2v) is 5.77. The Morgan fingerprint density at radius 2 is 2.10 bits per heavy atom. The number of hydrogen-bond acceptors (Lipinski definition) is 5. The first-order valence-corrected chi connectivity index (χ1v) is 7.86. The van der Waals surface area contributed by atoms with Crippen LogP contribution in [0.1, 0.15) is 18.5 Å². The molecule has 108 valence electrons. The molecule has 7 heteroatoms. The van der Waals surface area contributed by atoms with Crippen molar-refractivity contribution in [1.29, 1.82) is 0 Å². The van der Waals surface area contributed by atoms with Crippen molar-refractivity contribution in [2.45, 2.75) is 24.3 Å². The highest BCUT2D eigenvalue weighted by Crippen LogP contribution is 2.24. The lowest BCUT2D eigenvalue weighted by Gasteiger charge is -1.94. The molecular weight excluding hydrogens is 308 g/mol. The monoisotopic (exact) mass is 320 g/mol. The van der Waals surface area contributed by atoms with Gasteiger partial charge in [-0.15, -0.1) is 5.10 Å². The van der Waals surface area contributed by atoms with Gasteiger partial charge in [0.15, 0.2) is 0 Å². The van der Waals surface area contributed by atoms with Gasteiger partial charge in [0.1, 0.15) is 17.3 Å². The Morgan fingerprint density at radius 3 is 2.81 bits per heavy atom. The predicted molar refractivity (Wildman–Crippen MR) is 82.3 cm³/mol. The van der Waals surface area contributed by atoms with Gasteiger partial charge < -0.3 is 4.52 Å². The first kappa shape index (κ1) is 14.2. The molecule has 5 nitrogen and oxygen atoms in total. The van der Waals surface area contributed by atoms with Gasteiger partial charge in [0, 0.05) is 23.1 Å². The summed E-state index contributed by atoms with van der Waals surface area (Å²) in [5.74, 6) is 2.31. The maximum Gasteiger partial charge on any atom is 0.208 e. The van der Waals surface area contributed by atoms with Crippen molar-refractivity contribution in [2.24, 2.45) is 0 Å². The van der Waals surface area contributed by atoms with E-state index in [4.69, 9.17) is 16.1 Å². The predicted octanol–water partition coefficient (Wildman–Crippen LogP) is 3.97. The molecule has 0 aliphatic rings. The van der Waals surface area contributed by atoms with Crippen LogP contribution in [-0.2, 0) is 12.2 Å². The number of aromatic amines is 1. The van der Waals surface area contributed by atoms with Crippen LogP contribution in [0, 0.1) is 0 Å². The average molecular weight is 321 g/mol. The van der Waals surface area contributed by atoms with Crippen LogP contribution in [0.25, 0.3) is 11.3 Å². The molecule has 0 radical (unpaired) electrons. The van der Waals surface area contributed by atoms with E-state index in [9.17, 15) is 0 Å². The van der Waals surface area contributed by atoms with Gasteiger partial charge in [-0.05, 0) is 12.1 Å². The number of nitrogens with one attached hydrogen (secondary N) is 1. The minimum absolute atomic E-state index is 0.640. The molecule has 0 atom stereocenters. The van der Waals surface area contributed by atoms with E-state index in [0.717, 1.165) is 34.4 Å². The molecule has 21 heavy (non-hydrogen) atoms. The molecule has 0 spiro atoms. The largest absolute Gasteiger partial charge is 0.360 e. The first-order chi connectivity index (χ1) is 10.2. The Labute approximate surface area is 131 Å². The summed E-state index contributed by atoms with van der Waals surface area (Å²) in [5.41, 5.74) is 1.78. The third kappa shape index (κ3) is 3.46. The number of aromatic nitrogens is 4. The SMILES string of the molecule is CCc1nc(SCc2cc(-c3ccc(Cl)cc3)no2)n[nH]1. The lowest BCUT2D eigenvalue weighted by molar-refractivity contribution is 0.397. The molecule has 2 heterocycles. The molecule has 0 amide bonds. The van der Waals surface area contributed by atoms with E-state index in [0.29, 0.717) is 10.8 Å². The summed E-state index contributed by atoms with van der Waals surface area (Å²) in [4.78, 5) is 4.34. The van der Waals surface area contributed by atoms with Crippen LogP contribution in [0.15, 0.2) is 40.0 Å². The standard InChI is InChI=1S/C14H13ClN4OS/c1-2-13-16-14(18-17-13)21-8-11-7-12(19-20-11)9-3-5-10(15)6-4-9/h3-7H,2,8H2,1H3,(H,16,17,18). The molecule has 0 bridgehead atoms. The van der Waals surface area contributed by atoms with Gasteiger partial charge in [0.2, 0.25) is 5.16 Å². The Morgan fingerprint density at radius 1 is 1.29 bits per heavy atom. The molecular formula is C14H13ClN4OS. The van der Waals surface area contributed by atoms with Crippen molar-refractivity contribution in [3.8, 4) is 11.3 Å². The first-order valence-electron chi connectivity index (χ1n) is 6.50. The summed E-state index contributed by atoms with van der Waals surface area (Å²) in [6.45, 7) is 2.03. The van der Waals surface area contributed by atoms with Crippen LogP contribution in [0.5, 0.6) is 0 Å². The lowest BCUT2D eigenvalue weighted by atomic mass is 10.1. The molecule has 0 unspecified atom stereocenters. The molecule has 1 N–H and O–H groups in total. The van der Waals surface area contributed by atoms with Gasteiger partial charge in [0.05, 0.1) is 5.75 Å². The highest BCUT2D eigenvalue weighted by Gasteiger charge is 2.09. The normalized spacial score (nSPS) is 11.0. The van der Waals surface area contributed by atoms with Crippen molar-refractivity contribution >= 4 is 23.4 Å². The van der Waals surface area contributed by atoms with Gasteiger partial charge in [-0.25, -0.2) is 4.98 Å². The fraction of sp³-hybridized carbons (Fsp3) is 0.214. The summed E-state index contributed by atoms with van der Waals surface area (Å²) >= 11 is 7.38. The summed E-state index contributed by atoms with van der Waals surface area (Å²) in [6.07, 6.45) is 0.844. The molecule has 3 aromatic rings. The molecule has 0 aliphatic heterocycles. The minimum atomic E-state index is 0.640. The maximum absolute atomic E-state index is 5.87. The molecule has 0 saturated heterocycles. The Kier molecular flexibility index (Phi) is 4.26. The minimum Gasteiger partial charge on any atom is -0.360 e. The Balaban J connectivity index is 1.66. The van der Waals surface area contributed by atoms with Gasteiger partial charge in [-0.1, -0.05) is 47.6 Å². The van der Waals surface area contributed by atoms with E-state index in [2.05, 4.69) is 20.3 Å². The Hall–Kier alpha value is -1.79. The van der Waals surface area contributed by atoms with Gasteiger partial charge in [0.25, 0.3) is 0 Å². The van der Waals surface area contributed by atoms with Crippen LogP contribution in [-0.4, -0.2) is 20.3 Å². The van der Waals surface area contributed by atoms with Gasteiger partial charge in [-0.2, -0.15) is 0 Å². The zero-order chi connectivity index (χ0) is 14.7. The maximum atomic E-state index is 5.87. The van der Waals surface area contributed by atoms with Crippen molar-refractivity contribution < 1.29 is 4.52 Å². The molecule has 0 saturated carbocycles. The van der Waals surface area contributed by atoms with E-state index >= 15 is 0 Å². The number of halogens is 1. The van der Waals surface area contributed by atoms with Crippen molar-refractivity contribution in [2.75, 3.05) is 0 Å². The van der Waals surface area contributed by atoms with Crippen molar-refractivity contribution in [1.82, 2.24) is 20.3 Å². The third-order valence-electron chi connectivity index (χ3n) is 2.89. The van der Waals surface area contributed by atoms with Crippen molar-refractivity contribution in [3.05, 3.63) is 46.9 Å². The third-order valence-corrected chi connectivity index (χ3v) is 4.01. The van der Waals surface area contributed by atoms with E-state index in [1.165, 1.54) is 11.8 Å². The smallest absolute Gasteiger partial charge is 0.208 e. The summed E-state index contributed by atoms with van der Waals surface area (Å²) < 4.78 is 5.33. The second kappa shape index (κ2) is 6.32. The Bertz CT molecular complexity index is 723. The molecule has 3 rings (SSSR count). The fourth-order valence-electron chi connectivity index (χ4n) is 1.77. The van der Waals surface area contributed by atoms with Crippen LogP contribution >= 0.6 is 23.4 Å². The quantitative estimate of drug-likeness (QED) is 0.720. The van der Waals surface area contributed by atoms with Crippen LogP contribution < -0.4 is 0 Å². The number of H-pyrrole nitrogens is 1. The van der Waals surface area contributed by atoms with Gasteiger partial charge in [-0.3, -0.25) is 5.10 Å². The van der Waals surface area contributed by atoms with Crippen LogP contribution in [0.2, 0.25) is 5.02 Å². The summed E-state index contributed by atoms with van der Waals surface area (Å²) in [6, 6.07) is 9.42. The number of nitrogens with zero attached hydrogens (tertiary/aromatic N) is 3. The van der Waals surface area contributed by atoms with Crippen molar-refractivity contribution in [3.63, 3.8) is 0 Å². The fourth-order valence-corrected chi connectivity index (χ4v) is 2.59. The topological polar surface area (TPSA) is 67.6 Å². The highest BCUT2D eigenvalue weighted by molar-refractivity contribution is 7.98. The summed E-state index contributed by atoms with van der Waals surface area (Å²) in [7, 11) is 0. The molecule has 2 aromatic heterocycles. The highest BCUT2D eigenvalue weighted by atomic mass is 35.5. The van der Waals surface area contributed by atoms with Gasteiger partial charge >= 0.3 is 0 Å². The van der Waals surface area contributed by atoms with E-state index in [-0.39, 0.29) is 0 Å². The average Bonchev–Trinajstić information content (AvgIpc) is 3.15. The molecule has 0 aliphatic carbocycles. The number of hydrogen-bond donors (Lipinski definition) is 1. The summed E-state index contributed by atoms with van der Waals surface area (Å²) in [5, 5.41) is 12.5. The zero-order valence-electron chi connectivity index (χ0n) is 11.3. The van der Waals surface area contributed by atoms with Crippen LogP contribution in [0.4, 0.5) is 0 Å². The number of rotatable bonds is 5. The van der Waals surface area contributed by atoms with E-state index < -0.39 is 0 Å². The van der Waals surface area contributed by atoms with E-state index in [1.54, 1.807) is 0 Å². The second-order valence-electron chi connectivity index (χ2n) is 4.39. The lowest BCUT2D eigenvalue weighted by Crippen LogP contribution is -1.81.